The normalized spacial score (nSPS) is 17.6. The van der Waals surface area contributed by atoms with Crippen molar-refractivity contribution < 1.29 is 14.3 Å². The second kappa shape index (κ2) is 8.47. The van der Waals surface area contributed by atoms with Crippen LogP contribution >= 0.6 is 0 Å². The highest BCUT2D eigenvalue weighted by Gasteiger charge is 2.30. The lowest BCUT2D eigenvalue weighted by molar-refractivity contribution is -0.138. The van der Waals surface area contributed by atoms with Crippen LogP contribution in [0.4, 0.5) is 0 Å². The molecule has 1 fully saturated rings. The number of nitrogens with zero attached hydrogens (tertiary/aromatic N) is 3. The number of fused-ring (bicyclic) bond motifs is 1. The van der Waals surface area contributed by atoms with Gasteiger partial charge in [0.25, 0.3) is 0 Å². The number of ether oxygens (including phenoxy) is 1. The molecule has 0 aromatic carbocycles. The first-order valence-electron chi connectivity index (χ1n) is 9.36. The van der Waals surface area contributed by atoms with Crippen LogP contribution in [0.2, 0.25) is 0 Å². The minimum atomic E-state index is -0.0292. The number of aryl methyl sites for hydroxylation is 1. The van der Waals surface area contributed by atoms with Gasteiger partial charge in [0.05, 0.1) is 31.1 Å². The van der Waals surface area contributed by atoms with E-state index in [0.717, 1.165) is 43.7 Å². The smallest absolute Gasteiger partial charge is 0.226 e. The van der Waals surface area contributed by atoms with E-state index in [1.54, 1.807) is 0 Å². The van der Waals surface area contributed by atoms with Crippen molar-refractivity contribution in [1.82, 2.24) is 20.0 Å². The predicted octanol–water partition coefficient (Wildman–Crippen LogP) is 1.46. The van der Waals surface area contributed by atoms with E-state index in [1.807, 2.05) is 22.6 Å². The zero-order valence-corrected chi connectivity index (χ0v) is 15.0. The van der Waals surface area contributed by atoms with Gasteiger partial charge in [-0.2, -0.15) is 5.10 Å². The van der Waals surface area contributed by atoms with E-state index in [-0.39, 0.29) is 11.8 Å². The van der Waals surface area contributed by atoms with Crippen molar-refractivity contribution in [3.63, 3.8) is 0 Å². The minimum absolute atomic E-state index is 0.0292. The Hall–Kier alpha value is -1.89. The summed E-state index contributed by atoms with van der Waals surface area (Å²) >= 11 is 0. The molecule has 7 nitrogen and oxygen atoms in total. The van der Waals surface area contributed by atoms with Crippen LogP contribution in [0.3, 0.4) is 0 Å². The number of aromatic nitrogens is 2. The number of carbonyl (C=O) groups excluding carboxylic acids is 2. The zero-order valence-electron chi connectivity index (χ0n) is 15.0. The summed E-state index contributed by atoms with van der Waals surface area (Å²) in [6.45, 7) is 5.65. The fraction of sp³-hybridized carbons (Fsp3) is 0.722. The molecule has 0 radical (unpaired) electrons. The standard InChI is InChI=1S/C18H28N4O3/c1-2-25-10-7-17(23)19-12-15-11-16-13-21(8-4-9-22(16)20-15)18(24)14-5-3-6-14/h11,14H,2-10,12-13H2,1H3,(H,19,23). The van der Waals surface area contributed by atoms with Gasteiger partial charge < -0.3 is 15.0 Å². The molecule has 2 heterocycles. The molecule has 2 aliphatic rings. The molecule has 1 N–H and O–H groups in total. The van der Waals surface area contributed by atoms with Gasteiger partial charge in [0, 0.05) is 32.0 Å². The van der Waals surface area contributed by atoms with Gasteiger partial charge in [-0.3, -0.25) is 14.3 Å². The monoisotopic (exact) mass is 348 g/mol. The van der Waals surface area contributed by atoms with Crippen LogP contribution in [0.25, 0.3) is 0 Å². The lowest BCUT2D eigenvalue weighted by Gasteiger charge is -2.30. The van der Waals surface area contributed by atoms with Crippen molar-refractivity contribution in [1.29, 1.82) is 0 Å². The van der Waals surface area contributed by atoms with Crippen LogP contribution in [0.5, 0.6) is 0 Å². The highest BCUT2D eigenvalue weighted by atomic mass is 16.5. The average molecular weight is 348 g/mol. The highest BCUT2D eigenvalue weighted by Crippen LogP contribution is 2.29. The van der Waals surface area contributed by atoms with Gasteiger partial charge >= 0.3 is 0 Å². The molecule has 2 amide bonds. The van der Waals surface area contributed by atoms with E-state index in [4.69, 9.17) is 4.74 Å². The second-order valence-electron chi connectivity index (χ2n) is 6.81. The molecule has 1 aromatic rings. The maximum absolute atomic E-state index is 12.5. The molecule has 0 spiro atoms. The van der Waals surface area contributed by atoms with Crippen molar-refractivity contribution in [2.24, 2.45) is 5.92 Å². The number of rotatable bonds is 7. The van der Waals surface area contributed by atoms with Crippen molar-refractivity contribution in [2.75, 3.05) is 19.8 Å². The van der Waals surface area contributed by atoms with Crippen molar-refractivity contribution in [3.05, 3.63) is 17.5 Å². The van der Waals surface area contributed by atoms with Gasteiger partial charge in [0.15, 0.2) is 0 Å². The average Bonchev–Trinajstić information content (AvgIpc) is 2.82. The van der Waals surface area contributed by atoms with Gasteiger partial charge in [-0.1, -0.05) is 6.42 Å². The van der Waals surface area contributed by atoms with Gasteiger partial charge in [0.1, 0.15) is 0 Å². The molecule has 7 heteroatoms. The number of hydrogen-bond donors (Lipinski definition) is 1. The van der Waals surface area contributed by atoms with Crippen LogP contribution in [0.15, 0.2) is 6.07 Å². The Kier molecular flexibility index (Phi) is 6.07. The van der Waals surface area contributed by atoms with Crippen LogP contribution in [0, 0.1) is 5.92 Å². The third kappa shape index (κ3) is 4.60. The summed E-state index contributed by atoms with van der Waals surface area (Å²) in [5.41, 5.74) is 1.90. The first-order chi connectivity index (χ1) is 12.2. The largest absolute Gasteiger partial charge is 0.381 e. The van der Waals surface area contributed by atoms with E-state index in [2.05, 4.69) is 10.4 Å². The van der Waals surface area contributed by atoms with E-state index in [9.17, 15) is 9.59 Å². The summed E-state index contributed by atoms with van der Waals surface area (Å²) in [6, 6.07) is 2.01. The lowest BCUT2D eigenvalue weighted by atomic mass is 9.84. The summed E-state index contributed by atoms with van der Waals surface area (Å²) in [5, 5.41) is 7.46. The Morgan fingerprint density at radius 1 is 1.32 bits per heavy atom. The molecule has 1 saturated carbocycles. The molecule has 1 aliphatic carbocycles. The van der Waals surface area contributed by atoms with Crippen molar-refractivity contribution in [2.45, 2.75) is 58.7 Å². The summed E-state index contributed by atoms with van der Waals surface area (Å²) in [5.74, 6) is 0.503. The molecule has 25 heavy (non-hydrogen) atoms. The molecule has 0 atom stereocenters. The highest BCUT2D eigenvalue weighted by molar-refractivity contribution is 5.79. The quantitative estimate of drug-likeness (QED) is 0.757. The SMILES string of the molecule is CCOCCC(=O)NCc1cc2n(n1)CCCN(C(=O)C1CCC1)C2. The van der Waals surface area contributed by atoms with Gasteiger partial charge in [-0.15, -0.1) is 0 Å². The fourth-order valence-electron chi connectivity index (χ4n) is 3.30. The first kappa shape index (κ1) is 17.9. The number of nitrogens with one attached hydrogen (secondary N) is 1. The summed E-state index contributed by atoms with van der Waals surface area (Å²) in [4.78, 5) is 26.3. The zero-order chi connectivity index (χ0) is 17.6. The lowest BCUT2D eigenvalue weighted by Crippen LogP contribution is -2.38. The number of carbonyl (C=O) groups is 2. The molecule has 3 rings (SSSR count). The summed E-state index contributed by atoms with van der Waals surface area (Å²) in [7, 11) is 0. The number of hydrogen-bond acceptors (Lipinski definition) is 4. The third-order valence-electron chi connectivity index (χ3n) is 4.98. The van der Waals surface area contributed by atoms with Crippen LogP contribution < -0.4 is 5.32 Å². The van der Waals surface area contributed by atoms with Crippen molar-refractivity contribution >= 4 is 11.8 Å². The molecular weight excluding hydrogens is 320 g/mol. The van der Waals surface area contributed by atoms with E-state index < -0.39 is 0 Å². The summed E-state index contributed by atoms with van der Waals surface area (Å²) < 4.78 is 7.17. The maximum Gasteiger partial charge on any atom is 0.226 e. The van der Waals surface area contributed by atoms with Crippen LogP contribution in [0.1, 0.15) is 50.4 Å². The first-order valence-corrected chi connectivity index (χ1v) is 9.36. The number of amides is 2. The molecule has 0 saturated heterocycles. The fourth-order valence-corrected chi connectivity index (χ4v) is 3.30. The Morgan fingerprint density at radius 2 is 2.16 bits per heavy atom. The molecule has 0 bridgehead atoms. The van der Waals surface area contributed by atoms with E-state index in [1.165, 1.54) is 6.42 Å². The third-order valence-corrected chi connectivity index (χ3v) is 4.98. The summed E-state index contributed by atoms with van der Waals surface area (Å²) in [6.07, 6.45) is 4.54. The van der Waals surface area contributed by atoms with Gasteiger partial charge in [0.2, 0.25) is 11.8 Å². The van der Waals surface area contributed by atoms with Crippen LogP contribution in [-0.2, 0) is 34.0 Å². The Morgan fingerprint density at radius 3 is 2.88 bits per heavy atom. The van der Waals surface area contributed by atoms with Crippen molar-refractivity contribution in [3.8, 4) is 0 Å². The Bertz CT molecular complexity index is 609. The Labute approximate surface area is 148 Å². The molecule has 1 aliphatic heterocycles. The van der Waals surface area contributed by atoms with Crippen LogP contribution in [-0.4, -0.2) is 46.3 Å². The van der Waals surface area contributed by atoms with Gasteiger partial charge in [-0.25, -0.2) is 0 Å². The van der Waals surface area contributed by atoms with E-state index >= 15 is 0 Å². The maximum atomic E-state index is 12.5. The second-order valence-corrected chi connectivity index (χ2v) is 6.81. The Balaban J connectivity index is 1.53. The topological polar surface area (TPSA) is 76.5 Å². The van der Waals surface area contributed by atoms with Gasteiger partial charge in [-0.05, 0) is 32.3 Å². The molecular formula is C18H28N4O3. The molecule has 0 unspecified atom stereocenters. The van der Waals surface area contributed by atoms with E-state index in [0.29, 0.717) is 38.6 Å². The predicted molar refractivity (Wildman–Crippen MR) is 92.6 cm³/mol. The minimum Gasteiger partial charge on any atom is -0.381 e. The molecule has 1 aromatic heterocycles. The molecule has 138 valence electrons.